The molecule has 0 bridgehead atoms. The molecule has 0 N–H and O–H groups in total. The molecule has 0 atom stereocenters. The smallest absolute Gasteiger partial charge is 0.355 e. The zero-order valence-electron chi connectivity index (χ0n) is 11.2. The van der Waals surface area contributed by atoms with Crippen molar-refractivity contribution in [3.8, 4) is 0 Å². The number of Topliss-reactive ketones (excluding diaryl/α,β-unsaturated/α-hetero) is 1. The number of carbonyl (C=O) groups is 2. The number of esters is 1. The third-order valence-electron chi connectivity index (χ3n) is 2.94. The molecule has 0 spiro atoms. The molecule has 104 valence electrons. The third-order valence-corrected chi connectivity index (χ3v) is 3.71. The van der Waals surface area contributed by atoms with Crippen molar-refractivity contribution in [1.82, 2.24) is 4.57 Å². The number of benzene rings is 1. The van der Waals surface area contributed by atoms with Gasteiger partial charge in [0.25, 0.3) is 0 Å². The van der Waals surface area contributed by atoms with E-state index in [9.17, 15) is 9.59 Å². The molecule has 2 rings (SSSR count). The molecule has 0 saturated carbocycles. The summed E-state index contributed by atoms with van der Waals surface area (Å²) in [5.41, 5.74) is 1.75. The molecule has 5 heteroatoms. The van der Waals surface area contributed by atoms with Gasteiger partial charge in [0, 0.05) is 28.8 Å². The van der Waals surface area contributed by atoms with Gasteiger partial charge in [-0.2, -0.15) is 0 Å². The second-order valence-corrected chi connectivity index (χ2v) is 5.30. The fraction of sp³-hybridized carbons (Fsp3) is 0.200. The molecule has 0 radical (unpaired) electrons. The highest BCUT2D eigenvalue weighted by Gasteiger charge is 2.15. The molecular weight excluding hydrogens is 322 g/mol. The van der Waals surface area contributed by atoms with Gasteiger partial charge < -0.3 is 9.30 Å². The van der Waals surface area contributed by atoms with Crippen molar-refractivity contribution in [3.63, 3.8) is 0 Å². The minimum Gasteiger partial charge on any atom is -0.456 e. The first-order valence-corrected chi connectivity index (χ1v) is 6.86. The number of hydrogen-bond donors (Lipinski definition) is 0. The predicted octanol–water partition coefficient (Wildman–Crippen LogP) is 3.35. The van der Waals surface area contributed by atoms with Gasteiger partial charge in [-0.05, 0) is 19.1 Å². The zero-order chi connectivity index (χ0) is 14.7. The lowest BCUT2D eigenvalue weighted by molar-refractivity contribution is 0.0460. The Morgan fingerprint density at radius 3 is 2.60 bits per heavy atom. The van der Waals surface area contributed by atoms with Gasteiger partial charge >= 0.3 is 5.97 Å². The van der Waals surface area contributed by atoms with Crippen LogP contribution in [0.5, 0.6) is 0 Å². The van der Waals surface area contributed by atoms with Crippen LogP contribution in [0.1, 0.15) is 33.3 Å². The van der Waals surface area contributed by atoms with Crippen molar-refractivity contribution in [2.45, 2.75) is 13.5 Å². The Hall–Kier alpha value is -1.88. The fourth-order valence-electron chi connectivity index (χ4n) is 1.79. The molecule has 0 saturated heterocycles. The van der Waals surface area contributed by atoms with E-state index in [1.165, 1.54) is 6.92 Å². The third kappa shape index (κ3) is 3.17. The molecule has 1 aromatic carbocycles. The van der Waals surface area contributed by atoms with Gasteiger partial charge in [0.15, 0.2) is 5.78 Å². The summed E-state index contributed by atoms with van der Waals surface area (Å²) in [5, 5.41) is 0. The van der Waals surface area contributed by atoms with Gasteiger partial charge in [0.1, 0.15) is 12.3 Å². The lowest BCUT2D eigenvalue weighted by atomic mass is 10.2. The SMILES string of the molecule is CC(=O)c1cc(C(=O)OCc2ccccc2Br)n(C)c1. The number of nitrogens with zero attached hydrogens (tertiary/aromatic N) is 1. The lowest BCUT2D eigenvalue weighted by Gasteiger charge is -2.07. The van der Waals surface area contributed by atoms with Crippen LogP contribution in [0, 0.1) is 0 Å². The molecule has 0 amide bonds. The Morgan fingerprint density at radius 2 is 2.00 bits per heavy atom. The maximum Gasteiger partial charge on any atom is 0.355 e. The molecular formula is C15H14BrNO3. The summed E-state index contributed by atoms with van der Waals surface area (Å²) in [5.74, 6) is -0.527. The number of ketones is 1. The number of ether oxygens (including phenoxy) is 1. The van der Waals surface area contributed by atoms with Crippen molar-refractivity contribution in [2.24, 2.45) is 7.05 Å². The van der Waals surface area contributed by atoms with Gasteiger partial charge in [-0.3, -0.25) is 4.79 Å². The van der Waals surface area contributed by atoms with E-state index >= 15 is 0 Å². The molecule has 0 fully saturated rings. The van der Waals surface area contributed by atoms with Crippen molar-refractivity contribution < 1.29 is 14.3 Å². The number of aromatic nitrogens is 1. The van der Waals surface area contributed by atoms with Crippen LogP contribution in [-0.4, -0.2) is 16.3 Å². The van der Waals surface area contributed by atoms with E-state index in [0.29, 0.717) is 11.3 Å². The van der Waals surface area contributed by atoms with E-state index < -0.39 is 5.97 Å². The normalized spacial score (nSPS) is 10.3. The van der Waals surface area contributed by atoms with E-state index in [-0.39, 0.29) is 12.4 Å². The summed E-state index contributed by atoms with van der Waals surface area (Å²) < 4.78 is 7.76. The number of aryl methyl sites for hydroxylation is 1. The zero-order valence-corrected chi connectivity index (χ0v) is 12.8. The number of halogens is 1. The summed E-state index contributed by atoms with van der Waals surface area (Å²) in [6.07, 6.45) is 1.62. The molecule has 2 aromatic rings. The molecule has 0 unspecified atom stereocenters. The van der Waals surface area contributed by atoms with Crippen LogP contribution in [0.15, 0.2) is 41.0 Å². The Kier molecular flexibility index (Phi) is 4.39. The summed E-state index contributed by atoms with van der Waals surface area (Å²) in [6, 6.07) is 9.09. The van der Waals surface area contributed by atoms with E-state index in [2.05, 4.69) is 15.9 Å². The van der Waals surface area contributed by atoms with Gasteiger partial charge in [-0.1, -0.05) is 34.1 Å². The highest BCUT2D eigenvalue weighted by atomic mass is 79.9. The predicted molar refractivity (Wildman–Crippen MR) is 78.7 cm³/mol. The molecule has 20 heavy (non-hydrogen) atoms. The largest absolute Gasteiger partial charge is 0.456 e. The maximum absolute atomic E-state index is 12.0. The van der Waals surface area contributed by atoms with E-state index in [0.717, 1.165) is 10.0 Å². The topological polar surface area (TPSA) is 48.3 Å². The summed E-state index contributed by atoms with van der Waals surface area (Å²) >= 11 is 3.40. The standard InChI is InChI=1S/C15H14BrNO3/c1-10(18)12-7-14(17(2)8-12)15(19)20-9-11-5-3-4-6-13(11)16/h3-8H,9H2,1-2H3. The molecule has 0 aliphatic carbocycles. The van der Waals surface area contributed by atoms with Crippen LogP contribution in [0.3, 0.4) is 0 Å². The van der Waals surface area contributed by atoms with Crippen molar-refractivity contribution in [1.29, 1.82) is 0 Å². The maximum atomic E-state index is 12.0. The summed E-state index contributed by atoms with van der Waals surface area (Å²) in [6.45, 7) is 1.65. The molecule has 1 heterocycles. The highest BCUT2D eigenvalue weighted by Crippen LogP contribution is 2.17. The number of hydrogen-bond acceptors (Lipinski definition) is 3. The number of carbonyl (C=O) groups excluding carboxylic acids is 2. The molecule has 0 aliphatic heterocycles. The van der Waals surface area contributed by atoms with Gasteiger partial charge in [-0.25, -0.2) is 4.79 Å². The van der Waals surface area contributed by atoms with Crippen LogP contribution >= 0.6 is 15.9 Å². The van der Waals surface area contributed by atoms with Crippen LogP contribution in [0.25, 0.3) is 0 Å². The Labute approximate surface area is 125 Å². The first kappa shape index (κ1) is 14.5. The summed E-state index contributed by atoms with van der Waals surface area (Å²) in [7, 11) is 1.71. The molecule has 1 aromatic heterocycles. The van der Waals surface area contributed by atoms with Crippen LogP contribution in [0.2, 0.25) is 0 Å². The van der Waals surface area contributed by atoms with Crippen LogP contribution < -0.4 is 0 Å². The minimum absolute atomic E-state index is 0.0783. The van der Waals surface area contributed by atoms with Crippen molar-refractivity contribution in [2.75, 3.05) is 0 Å². The average molecular weight is 336 g/mol. The Balaban J connectivity index is 2.09. The van der Waals surface area contributed by atoms with E-state index in [4.69, 9.17) is 4.74 Å². The molecule has 4 nitrogen and oxygen atoms in total. The van der Waals surface area contributed by atoms with Crippen LogP contribution in [-0.2, 0) is 18.4 Å². The first-order chi connectivity index (χ1) is 9.49. The fourth-order valence-corrected chi connectivity index (χ4v) is 2.19. The van der Waals surface area contributed by atoms with Gasteiger partial charge in [-0.15, -0.1) is 0 Å². The van der Waals surface area contributed by atoms with Crippen molar-refractivity contribution in [3.05, 3.63) is 57.8 Å². The van der Waals surface area contributed by atoms with Crippen LogP contribution in [0.4, 0.5) is 0 Å². The quantitative estimate of drug-likeness (QED) is 0.635. The monoisotopic (exact) mass is 335 g/mol. The van der Waals surface area contributed by atoms with Crippen molar-refractivity contribution >= 4 is 27.7 Å². The summed E-state index contributed by atoms with van der Waals surface area (Å²) in [4.78, 5) is 23.3. The Bertz CT molecular complexity index is 661. The lowest BCUT2D eigenvalue weighted by Crippen LogP contribution is -2.09. The Morgan fingerprint density at radius 1 is 1.30 bits per heavy atom. The van der Waals surface area contributed by atoms with E-state index in [1.807, 2.05) is 24.3 Å². The highest BCUT2D eigenvalue weighted by molar-refractivity contribution is 9.10. The second kappa shape index (κ2) is 6.05. The second-order valence-electron chi connectivity index (χ2n) is 4.45. The number of rotatable bonds is 4. The van der Waals surface area contributed by atoms with Gasteiger partial charge in [0.2, 0.25) is 0 Å². The molecule has 0 aliphatic rings. The average Bonchev–Trinajstić information content (AvgIpc) is 2.80. The van der Waals surface area contributed by atoms with E-state index in [1.54, 1.807) is 23.9 Å². The van der Waals surface area contributed by atoms with Gasteiger partial charge in [0.05, 0.1) is 0 Å². The first-order valence-electron chi connectivity index (χ1n) is 6.07. The minimum atomic E-state index is -0.448.